The van der Waals surface area contributed by atoms with Crippen LogP contribution in [0.15, 0.2) is 27.5 Å². The molecule has 1 aliphatic heterocycles. The second-order valence-electron chi connectivity index (χ2n) is 6.67. The van der Waals surface area contributed by atoms with Crippen molar-refractivity contribution in [3.05, 3.63) is 33.1 Å². The topological polar surface area (TPSA) is 166 Å². The number of anilines is 1. The summed E-state index contributed by atoms with van der Waals surface area (Å²) in [6.07, 6.45) is -1.49. The summed E-state index contributed by atoms with van der Waals surface area (Å²) in [6.45, 7) is -0.215. The molecule has 0 saturated carbocycles. The molecule has 0 spiro atoms. The summed E-state index contributed by atoms with van der Waals surface area (Å²) in [7, 11) is 0. The van der Waals surface area contributed by atoms with Gasteiger partial charge in [0.1, 0.15) is 23.8 Å². The number of imidazole rings is 1. The van der Waals surface area contributed by atoms with Gasteiger partial charge in [-0.2, -0.15) is 4.98 Å². The maximum Gasteiger partial charge on any atom is 0.225 e. The van der Waals surface area contributed by atoms with Gasteiger partial charge in [-0.15, -0.1) is 0 Å². The van der Waals surface area contributed by atoms with E-state index in [1.54, 1.807) is 0 Å². The molecule has 3 aromatic rings. The molecular weight excluding hydrogens is 530 g/mol. The number of halogens is 2. The van der Waals surface area contributed by atoms with E-state index in [4.69, 9.17) is 4.74 Å². The number of nitrogens with one attached hydrogen (secondary N) is 1. The highest BCUT2D eigenvalue weighted by Crippen LogP contribution is 2.41. The molecule has 1 saturated heterocycles. The number of phenols is 2. The number of fused-ring (bicyclic) bond motifs is 1. The number of nitrogens with zero attached hydrogens (tertiary/aromatic N) is 4. The summed E-state index contributed by atoms with van der Waals surface area (Å²) < 4.78 is 7.88. The normalized spacial score (nSPS) is 23.9. The Morgan fingerprint density at radius 3 is 2.60 bits per heavy atom. The summed E-state index contributed by atoms with van der Waals surface area (Å²) in [5, 5.41) is 52.1. The Morgan fingerprint density at radius 1 is 1.13 bits per heavy atom. The lowest BCUT2D eigenvalue weighted by atomic mass is 10.1. The molecule has 3 heterocycles. The Bertz CT molecular complexity index is 1100. The van der Waals surface area contributed by atoms with Crippen LogP contribution in [0.25, 0.3) is 11.2 Å². The number of rotatable bonds is 5. The average molecular weight is 547 g/mol. The first-order chi connectivity index (χ1) is 14.3. The number of aromatic nitrogens is 4. The minimum Gasteiger partial charge on any atom is -0.504 e. The number of hydrogen-bond donors (Lipinski definition) is 6. The van der Waals surface area contributed by atoms with Crippen LogP contribution in [-0.4, -0.2) is 70.0 Å². The van der Waals surface area contributed by atoms with Gasteiger partial charge in [-0.05, 0) is 43.5 Å². The highest BCUT2D eigenvalue weighted by atomic mass is 79.9. The Kier molecular flexibility index (Phi) is 5.83. The third-order valence-corrected chi connectivity index (χ3v) is 6.99. The number of ether oxygens (including phenoxy) is 1. The number of phenolic OH excluding ortho intramolecular Hbond substituents is 2. The quantitative estimate of drug-likeness (QED) is 0.254. The fourth-order valence-corrected chi connectivity index (χ4v) is 4.07. The molecule has 1 aromatic carbocycles. The van der Waals surface area contributed by atoms with E-state index >= 15 is 0 Å². The summed E-state index contributed by atoms with van der Waals surface area (Å²) in [5.41, 5.74) is 1.44. The largest absolute Gasteiger partial charge is 0.504 e. The van der Waals surface area contributed by atoms with E-state index in [0.29, 0.717) is 25.7 Å². The van der Waals surface area contributed by atoms with Crippen molar-refractivity contribution in [1.29, 1.82) is 0 Å². The zero-order valence-electron chi connectivity index (χ0n) is 15.1. The van der Waals surface area contributed by atoms with Crippen LogP contribution in [0.5, 0.6) is 11.5 Å². The van der Waals surface area contributed by atoms with Gasteiger partial charge in [-0.3, -0.25) is 4.57 Å². The third-order valence-electron chi connectivity index (χ3n) is 4.78. The van der Waals surface area contributed by atoms with Crippen LogP contribution in [0.2, 0.25) is 0 Å². The smallest absolute Gasteiger partial charge is 0.225 e. The van der Waals surface area contributed by atoms with Gasteiger partial charge < -0.3 is 35.6 Å². The van der Waals surface area contributed by atoms with Crippen molar-refractivity contribution in [2.24, 2.45) is 0 Å². The maximum atomic E-state index is 10.3. The van der Waals surface area contributed by atoms with Crippen LogP contribution in [0, 0.1) is 0 Å². The molecule has 0 aliphatic carbocycles. The van der Waals surface area contributed by atoms with E-state index in [1.165, 1.54) is 23.2 Å². The van der Waals surface area contributed by atoms with E-state index in [1.807, 2.05) is 0 Å². The van der Waals surface area contributed by atoms with Crippen molar-refractivity contribution < 1.29 is 30.3 Å². The Morgan fingerprint density at radius 2 is 1.90 bits per heavy atom. The Hall–Kier alpha value is -2.03. The minimum atomic E-state index is -1.26. The summed E-state index contributed by atoms with van der Waals surface area (Å²) in [4.78, 5) is 12.8. The lowest BCUT2D eigenvalue weighted by Crippen LogP contribution is -2.33. The predicted octanol–water partition coefficient (Wildman–Crippen LogP) is 0.986. The lowest BCUT2D eigenvalue weighted by molar-refractivity contribution is -0.0511. The van der Waals surface area contributed by atoms with Crippen LogP contribution in [-0.2, 0) is 11.3 Å². The van der Waals surface area contributed by atoms with Gasteiger partial charge in [0.25, 0.3) is 0 Å². The van der Waals surface area contributed by atoms with E-state index in [-0.39, 0.29) is 24.0 Å². The van der Waals surface area contributed by atoms with Crippen LogP contribution in [0.4, 0.5) is 5.95 Å². The first kappa shape index (κ1) is 21.2. The van der Waals surface area contributed by atoms with E-state index in [2.05, 4.69) is 52.1 Å². The van der Waals surface area contributed by atoms with Crippen molar-refractivity contribution in [2.75, 3.05) is 11.9 Å². The van der Waals surface area contributed by atoms with Crippen molar-refractivity contribution in [3.8, 4) is 11.5 Å². The molecule has 1 fully saturated rings. The molecule has 13 heteroatoms. The molecule has 160 valence electrons. The molecule has 0 radical (unpaired) electrons. The standard InChI is InChI=1S/C17H17Br2N5O6/c18-10-6(1-8(26)12(27)11(10)19)2-20-17-21-3-7-15(23-17)24(5-22-7)16-14(29)13(28)9(4-25)30-16/h1,3,5,9,13-14,16,25-29H,2,4H2,(H,20,21,23)/t9-,13?,14?,16-/m1/s1. The number of hydrogen-bond acceptors (Lipinski definition) is 10. The van der Waals surface area contributed by atoms with Gasteiger partial charge in [0, 0.05) is 11.0 Å². The molecule has 4 atom stereocenters. The van der Waals surface area contributed by atoms with Crippen molar-refractivity contribution in [3.63, 3.8) is 0 Å². The van der Waals surface area contributed by atoms with E-state index in [9.17, 15) is 25.5 Å². The molecule has 0 bridgehead atoms. The molecule has 30 heavy (non-hydrogen) atoms. The third kappa shape index (κ3) is 3.61. The van der Waals surface area contributed by atoms with Gasteiger partial charge in [0.2, 0.25) is 5.95 Å². The van der Waals surface area contributed by atoms with Gasteiger partial charge in [0.05, 0.1) is 23.6 Å². The average Bonchev–Trinajstić information content (AvgIpc) is 3.28. The van der Waals surface area contributed by atoms with E-state index < -0.39 is 31.1 Å². The fraction of sp³-hybridized carbons (Fsp3) is 0.353. The zero-order valence-corrected chi connectivity index (χ0v) is 18.3. The van der Waals surface area contributed by atoms with Crippen molar-refractivity contribution >= 4 is 49.0 Å². The molecule has 0 amide bonds. The molecule has 4 rings (SSSR count). The summed E-state index contributed by atoms with van der Waals surface area (Å²) in [6, 6.07) is 1.40. The van der Waals surface area contributed by atoms with Gasteiger partial charge in [-0.25, -0.2) is 9.97 Å². The second-order valence-corrected chi connectivity index (χ2v) is 8.25. The fourth-order valence-electron chi connectivity index (χ4n) is 3.16. The molecule has 1 aliphatic rings. The van der Waals surface area contributed by atoms with Gasteiger partial charge >= 0.3 is 0 Å². The van der Waals surface area contributed by atoms with Crippen molar-refractivity contribution in [2.45, 2.75) is 31.1 Å². The van der Waals surface area contributed by atoms with E-state index in [0.717, 1.165) is 0 Å². The number of benzene rings is 1. The predicted molar refractivity (Wildman–Crippen MR) is 111 cm³/mol. The second kappa shape index (κ2) is 8.24. The highest BCUT2D eigenvalue weighted by molar-refractivity contribution is 9.13. The zero-order chi connectivity index (χ0) is 21.6. The Labute approximate surface area is 186 Å². The first-order valence-corrected chi connectivity index (χ1v) is 10.3. The van der Waals surface area contributed by atoms with Crippen LogP contribution in [0.3, 0.4) is 0 Å². The van der Waals surface area contributed by atoms with Crippen LogP contribution in [0.1, 0.15) is 11.8 Å². The molecule has 2 unspecified atom stereocenters. The first-order valence-electron chi connectivity index (χ1n) is 8.76. The summed E-state index contributed by atoms with van der Waals surface area (Å²) in [5.74, 6) is -0.307. The number of aromatic hydroxyl groups is 2. The summed E-state index contributed by atoms with van der Waals surface area (Å²) >= 11 is 6.55. The monoisotopic (exact) mass is 545 g/mol. The lowest BCUT2D eigenvalue weighted by Gasteiger charge is -2.16. The highest BCUT2D eigenvalue weighted by Gasteiger charge is 2.43. The number of aliphatic hydroxyl groups excluding tert-OH is 3. The van der Waals surface area contributed by atoms with Crippen LogP contribution < -0.4 is 5.32 Å². The minimum absolute atomic E-state index is 0.223. The molecule has 11 nitrogen and oxygen atoms in total. The van der Waals surface area contributed by atoms with Gasteiger partial charge in [0.15, 0.2) is 23.4 Å². The molecule has 2 aromatic heterocycles. The van der Waals surface area contributed by atoms with Crippen molar-refractivity contribution in [1.82, 2.24) is 19.5 Å². The van der Waals surface area contributed by atoms with Crippen LogP contribution >= 0.6 is 31.9 Å². The maximum absolute atomic E-state index is 10.3. The molecule has 6 N–H and O–H groups in total. The SMILES string of the molecule is OC[C@H]1O[C@@H](n2cnc3cnc(NCc4cc(O)c(O)c(Br)c4Br)nc32)C(O)C1O. The van der Waals surface area contributed by atoms with Gasteiger partial charge in [-0.1, -0.05) is 0 Å². The molecular formula is C17H17Br2N5O6. The number of aliphatic hydroxyl groups is 3. The Balaban J connectivity index is 1.60.